The molecule has 30 heavy (non-hydrogen) atoms. The van der Waals surface area contributed by atoms with Crippen molar-refractivity contribution in [3.05, 3.63) is 59.9 Å². The van der Waals surface area contributed by atoms with E-state index in [9.17, 15) is 9.59 Å². The summed E-state index contributed by atoms with van der Waals surface area (Å²) in [6.07, 6.45) is 1.69. The monoisotopic (exact) mass is 406 g/mol. The molecule has 1 heterocycles. The van der Waals surface area contributed by atoms with Crippen molar-refractivity contribution in [3.8, 4) is 16.8 Å². The van der Waals surface area contributed by atoms with E-state index in [1.165, 1.54) is 11.0 Å². The van der Waals surface area contributed by atoms with Crippen molar-refractivity contribution in [1.29, 1.82) is 0 Å². The van der Waals surface area contributed by atoms with E-state index in [2.05, 4.69) is 26.2 Å². The smallest absolute Gasteiger partial charge is 0.251 e. The molecule has 3 aromatic rings. The van der Waals surface area contributed by atoms with E-state index in [-0.39, 0.29) is 30.3 Å². The molecule has 2 N–H and O–H groups in total. The highest BCUT2D eigenvalue weighted by Gasteiger charge is 2.16. The first-order valence-corrected chi connectivity index (χ1v) is 9.87. The summed E-state index contributed by atoms with van der Waals surface area (Å²) in [7, 11) is 0. The van der Waals surface area contributed by atoms with Crippen LogP contribution in [0, 0.1) is 6.92 Å². The molecule has 2 amide bonds. The summed E-state index contributed by atoms with van der Waals surface area (Å²) in [6, 6.07) is 13.3. The van der Waals surface area contributed by atoms with E-state index in [1.54, 1.807) is 6.07 Å². The summed E-state index contributed by atoms with van der Waals surface area (Å²) in [5.41, 5.74) is 4.15. The summed E-state index contributed by atoms with van der Waals surface area (Å²) in [4.78, 5) is 24.9. The average Bonchev–Trinajstić information content (AvgIpc) is 3.22. The summed E-state index contributed by atoms with van der Waals surface area (Å²) in [5, 5.41) is 17.0. The Bertz CT molecular complexity index is 1010. The molecule has 156 valence electrons. The molecule has 1 atom stereocenters. The molecular weight excluding hydrogens is 380 g/mol. The Kier molecular flexibility index (Phi) is 6.56. The van der Waals surface area contributed by atoms with Crippen molar-refractivity contribution in [2.24, 2.45) is 0 Å². The van der Waals surface area contributed by atoms with Gasteiger partial charge in [0.05, 0.1) is 5.69 Å². The van der Waals surface area contributed by atoms with E-state index < -0.39 is 0 Å². The molecule has 8 heteroatoms. The van der Waals surface area contributed by atoms with Crippen LogP contribution in [0.1, 0.15) is 43.1 Å². The average molecular weight is 406 g/mol. The number of rotatable bonds is 7. The van der Waals surface area contributed by atoms with Gasteiger partial charge in [-0.2, -0.15) is 0 Å². The second-order valence-corrected chi connectivity index (χ2v) is 7.69. The van der Waals surface area contributed by atoms with Crippen LogP contribution >= 0.6 is 0 Å². The second kappa shape index (κ2) is 9.30. The number of benzene rings is 2. The van der Waals surface area contributed by atoms with Crippen molar-refractivity contribution >= 4 is 11.8 Å². The number of nitrogens with zero attached hydrogens (tertiary/aromatic N) is 4. The van der Waals surface area contributed by atoms with Gasteiger partial charge in [-0.05, 0) is 67.4 Å². The number of nitrogens with one attached hydrogen (secondary N) is 2. The van der Waals surface area contributed by atoms with Crippen LogP contribution in [0.25, 0.3) is 16.8 Å². The van der Waals surface area contributed by atoms with Gasteiger partial charge in [-0.1, -0.05) is 29.8 Å². The van der Waals surface area contributed by atoms with Gasteiger partial charge in [0, 0.05) is 24.1 Å². The number of tetrazole rings is 1. The van der Waals surface area contributed by atoms with Crippen molar-refractivity contribution in [1.82, 2.24) is 30.8 Å². The van der Waals surface area contributed by atoms with Crippen molar-refractivity contribution in [2.75, 3.05) is 0 Å². The molecule has 0 spiro atoms. The van der Waals surface area contributed by atoms with Gasteiger partial charge in [0.15, 0.2) is 0 Å². The zero-order chi connectivity index (χ0) is 21.7. The molecular formula is C22H26N6O2. The molecule has 0 saturated heterocycles. The van der Waals surface area contributed by atoms with Gasteiger partial charge in [-0.25, -0.2) is 4.68 Å². The molecule has 2 aromatic carbocycles. The van der Waals surface area contributed by atoms with E-state index in [4.69, 9.17) is 0 Å². The Morgan fingerprint density at radius 1 is 1.00 bits per heavy atom. The van der Waals surface area contributed by atoms with Crippen LogP contribution in [-0.4, -0.2) is 44.1 Å². The molecule has 1 unspecified atom stereocenters. The van der Waals surface area contributed by atoms with Crippen molar-refractivity contribution in [3.63, 3.8) is 0 Å². The Labute approximate surface area is 175 Å². The summed E-state index contributed by atoms with van der Waals surface area (Å²) >= 11 is 0. The van der Waals surface area contributed by atoms with Crippen LogP contribution in [0.5, 0.6) is 0 Å². The van der Waals surface area contributed by atoms with Crippen LogP contribution < -0.4 is 10.6 Å². The van der Waals surface area contributed by atoms with Gasteiger partial charge >= 0.3 is 0 Å². The van der Waals surface area contributed by atoms with Gasteiger partial charge in [0.25, 0.3) is 5.91 Å². The first-order valence-electron chi connectivity index (χ1n) is 9.87. The fraction of sp³-hybridized carbons (Fsp3) is 0.318. The Hall–Kier alpha value is -3.55. The van der Waals surface area contributed by atoms with Gasteiger partial charge < -0.3 is 10.6 Å². The number of carbonyl (C=O) groups excluding carboxylic acids is 2. The summed E-state index contributed by atoms with van der Waals surface area (Å²) in [5.74, 6) is -0.358. The van der Waals surface area contributed by atoms with E-state index in [1.807, 2.05) is 64.1 Å². The lowest BCUT2D eigenvalue weighted by molar-refractivity contribution is -0.121. The number of hydrogen-bond donors (Lipinski definition) is 2. The van der Waals surface area contributed by atoms with Crippen molar-refractivity contribution < 1.29 is 9.59 Å². The molecule has 8 nitrogen and oxygen atoms in total. The highest BCUT2D eigenvalue weighted by molar-refractivity contribution is 5.96. The maximum absolute atomic E-state index is 12.9. The standard InChI is InChI=1S/C22H26N6O2/c1-14(2)24-21(29)9-16(4)25-22(30)19-10-18(17-7-5-15(3)6-8-17)11-20(12-19)28-13-23-26-27-28/h5-8,10-14,16H,9H2,1-4H3,(H,24,29)(H,25,30). The Morgan fingerprint density at radius 3 is 2.37 bits per heavy atom. The van der Waals surface area contributed by atoms with Gasteiger partial charge in [-0.3, -0.25) is 9.59 Å². The van der Waals surface area contributed by atoms with Gasteiger partial charge in [0.2, 0.25) is 5.91 Å². The van der Waals surface area contributed by atoms with Crippen LogP contribution in [0.4, 0.5) is 0 Å². The number of aryl methyl sites for hydroxylation is 1. The van der Waals surface area contributed by atoms with Crippen LogP contribution in [-0.2, 0) is 4.79 Å². The SMILES string of the molecule is Cc1ccc(-c2cc(C(=O)NC(C)CC(=O)NC(C)C)cc(-n3cnnn3)c2)cc1. The minimum atomic E-state index is -0.309. The maximum Gasteiger partial charge on any atom is 0.251 e. The van der Waals surface area contributed by atoms with Crippen LogP contribution in [0.3, 0.4) is 0 Å². The van der Waals surface area contributed by atoms with Gasteiger partial charge in [0.1, 0.15) is 6.33 Å². The summed E-state index contributed by atoms with van der Waals surface area (Å²) in [6.45, 7) is 7.64. The molecule has 0 bridgehead atoms. The highest BCUT2D eigenvalue weighted by atomic mass is 16.2. The Morgan fingerprint density at radius 2 is 1.73 bits per heavy atom. The highest BCUT2D eigenvalue weighted by Crippen LogP contribution is 2.24. The quantitative estimate of drug-likeness (QED) is 0.628. The first kappa shape index (κ1) is 21.2. The molecule has 0 radical (unpaired) electrons. The topological polar surface area (TPSA) is 102 Å². The lowest BCUT2D eigenvalue weighted by Crippen LogP contribution is -2.39. The summed E-state index contributed by atoms with van der Waals surface area (Å²) < 4.78 is 1.51. The van der Waals surface area contributed by atoms with Gasteiger partial charge in [-0.15, -0.1) is 5.10 Å². The first-order chi connectivity index (χ1) is 14.3. The Balaban J connectivity index is 1.86. The molecule has 0 aliphatic rings. The van der Waals surface area contributed by atoms with E-state index >= 15 is 0 Å². The lowest BCUT2D eigenvalue weighted by Gasteiger charge is -2.16. The normalized spacial score (nSPS) is 11.9. The fourth-order valence-corrected chi connectivity index (χ4v) is 3.08. The lowest BCUT2D eigenvalue weighted by atomic mass is 10.0. The zero-order valence-electron chi connectivity index (χ0n) is 17.6. The third-order valence-electron chi connectivity index (χ3n) is 4.50. The predicted molar refractivity (Wildman–Crippen MR) is 114 cm³/mol. The fourth-order valence-electron chi connectivity index (χ4n) is 3.08. The zero-order valence-corrected chi connectivity index (χ0v) is 17.6. The number of hydrogen-bond acceptors (Lipinski definition) is 5. The van der Waals surface area contributed by atoms with Crippen LogP contribution in [0.15, 0.2) is 48.8 Å². The molecule has 3 rings (SSSR count). The molecule has 0 aliphatic heterocycles. The number of aromatic nitrogens is 4. The van der Waals surface area contributed by atoms with Crippen molar-refractivity contribution in [2.45, 2.75) is 46.2 Å². The third-order valence-corrected chi connectivity index (χ3v) is 4.50. The number of carbonyl (C=O) groups is 2. The second-order valence-electron chi connectivity index (χ2n) is 7.69. The minimum Gasteiger partial charge on any atom is -0.354 e. The number of amides is 2. The largest absolute Gasteiger partial charge is 0.354 e. The third kappa shape index (κ3) is 5.50. The predicted octanol–water partition coefficient (Wildman–Crippen LogP) is 2.67. The molecule has 0 aliphatic carbocycles. The van der Waals surface area contributed by atoms with E-state index in [0.29, 0.717) is 11.3 Å². The molecule has 0 saturated carbocycles. The van der Waals surface area contributed by atoms with Crippen LogP contribution in [0.2, 0.25) is 0 Å². The molecule has 1 aromatic heterocycles. The maximum atomic E-state index is 12.9. The van der Waals surface area contributed by atoms with E-state index in [0.717, 1.165) is 16.7 Å². The molecule has 0 fully saturated rings. The minimum absolute atomic E-state index is 0.0606.